The maximum Gasteiger partial charge on any atom is 0.410 e. The minimum absolute atomic E-state index is 0.0760. The van der Waals surface area contributed by atoms with Gasteiger partial charge in [-0.25, -0.2) is 9.18 Å². The van der Waals surface area contributed by atoms with E-state index in [1.807, 2.05) is 0 Å². The van der Waals surface area contributed by atoms with Crippen LogP contribution in [-0.2, 0) is 0 Å². The highest BCUT2D eigenvalue weighted by molar-refractivity contribution is 5.78. The number of benzene rings is 1. The average Bonchev–Trinajstić information content (AvgIpc) is 2.10. The van der Waals surface area contributed by atoms with Gasteiger partial charge in [0, 0.05) is 6.07 Å². The Balaban J connectivity index is 3.25. The number of carbonyl (C=O) groups excluding carboxylic acids is 1. The van der Waals surface area contributed by atoms with Gasteiger partial charge in [0.15, 0.2) is 11.6 Å². The molecule has 0 fully saturated rings. The van der Waals surface area contributed by atoms with Gasteiger partial charge in [-0.3, -0.25) is 0 Å². The molecule has 14 heavy (non-hydrogen) atoms. The first-order chi connectivity index (χ1) is 6.43. The molecule has 1 aromatic rings. The molecule has 0 bridgehead atoms. The highest BCUT2D eigenvalue weighted by Crippen LogP contribution is 2.33. The SMILES string of the molecule is NC(=O)Oc1cc(N)c(N)c(F)c1N. The molecule has 8 N–H and O–H groups in total. The van der Waals surface area contributed by atoms with Gasteiger partial charge in [0.05, 0.1) is 11.4 Å². The molecule has 0 aromatic heterocycles. The van der Waals surface area contributed by atoms with E-state index in [0.29, 0.717) is 0 Å². The van der Waals surface area contributed by atoms with Gasteiger partial charge in [-0.15, -0.1) is 0 Å². The maximum atomic E-state index is 13.1. The van der Waals surface area contributed by atoms with Crippen LogP contribution in [0.4, 0.5) is 26.2 Å². The highest BCUT2D eigenvalue weighted by Gasteiger charge is 2.14. The number of nitrogen functional groups attached to an aromatic ring is 3. The van der Waals surface area contributed by atoms with Crippen LogP contribution in [0.1, 0.15) is 0 Å². The molecule has 0 heterocycles. The van der Waals surface area contributed by atoms with E-state index in [-0.39, 0.29) is 17.1 Å². The minimum atomic E-state index is -1.11. The molecule has 0 saturated carbocycles. The van der Waals surface area contributed by atoms with Gasteiger partial charge in [-0.2, -0.15) is 0 Å². The average molecular weight is 200 g/mol. The number of carbonyl (C=O) groups is 1. The lowest BCUT2D eigenvalue weighted by molar-refractivity contribution is 0.211. The molecular weight excluding hydrogens is 191 g/mol. The van der Waals surface area contributed by atoms with E-state index < -0.39 is 17.6 Å². The summed E-state index contributed by atoms with van der Waals surface area (Å²) in [5, 5.41) is 0. The summed E-state index contributed by atoms with van der Waals surface area (Å²) in [5.41, 5.74) is 19.7. The second kappa shape index (κ2) is 3.29. The van der Waals surface area contributed by atoms with Crippen molar-refractivity contribution in [2.24, 2.45) is 5.73 Å². The number of hydrogen-bond donors (Lipinski definition) is 4. The van der Waals surface area contributed by atoms with Crippen LogP contribution in [0.15, 0.2) is 6.07 Å². The van der Waals surface area contributed by atoms with Gasteiger partial charge in [-0.1, -0.05) is 0 Å². The van der Waals surface area contributed by atoms with Crippen LogP contribution < -0.4 is 27.7 Å². The molecule has 76 valence electrons. The third kappa shape index (κ3) is 1.60. The zero-order valence-electron chi connectivity index (χ0n) is 7.08. The first-order valence-corrected chi connectivity index (χ1v) is 3.53. The molecule has 0 atom stereocenters. The Morgan fingerprint density at radius 1 is 1.29 bits per heavy atom. The van der Waals surface area contributed by atoms with Crippen molar-refractivity contribution in [2.45, 2.75) is 0 Å². The first-order valence-electron chi connectivity index (χ1n) is 3.53. The Kier molecular flexibility index (Phi) is 2.32. The number of ether oxygens (including phenoxy) is 1. The monoisotopic (exact) mass is 200 g/mol. The molecule has 0 aliphatic carbocycles. The molecule has 0 saturated heterocycles. The number of hydrogen-bond acceptors (Lipinski definition) is 5. The van der Waals surface area contributed by atoms with E-state index in [9.17, 15) is 9.18 Å². The Labute approximate surface area is 78.6 Å². The van der Waals surface area contributed by atoms with E-state index in [1.54, 1.807) is 0 Å². The van der Waals surface area contributed by atoms with Crippen molar-refractivity contribution in [2.75, 3.05) is 17.2 Å². The van der Waals surface area contributed by atoms with E-state index in [1.165, 1.54) is 0 Å². The zero-order chi connectivity index (χ0) is 10.9. The summed E-state index contributed by atoms with van der Waals surface area (Å²) in [6.45, 7) is 0. The van der Waals surface area contributed by atoms with Gasteiger partial charge in [0.25, 0.3) is 0 Å². The normalized spacial score (nSPS) is 9.79. The van der Waals surface area contributed by atoms with Crippen molar-refractivity contribution in [3.05, 3.63) is 11.9 Å². The summed E-state index contributed by atoms with van der Waals surface area (Å²) in [4.78, 5) is 10.4. The standard InChI is InChI=1S/C7H9FN4O2/c8-4-5(10)2(9)1-3(6(4)11)14-7(12)13/h1H,9-11H2,(H2,12,13). The van der Waals surface area contributed by atoms with Crippen LogP contribution in [0.2, 0.25) is 0 Å². The van der Waals surface area contributed by atoms with Crippen molar-refractivity contribution in [3.8, 4) is 5.75 Å². The molecule has 0 radical (unpaired) electrons. The fourth-order valence-corrected chi connectivity index (χ4v) is 0.870. The van der Waals surface area contributed by atoms with Crippen molar-refractivity contribution < 1.29 is 13.9 Å². The molecule has 0 spiro atoms. The number of anilines is 3. The largest absolute Gasteiger partial charge is 0.410 e. The van der Waals surface area contributed by atoms with Crippen LogP contribution in [0, 0.1) is 5.82 Å². The van der Waals surface area contributed by atoms with Crippen molar-refractivity contribution >= 4 is 23.2 Å². The topological polar surface area (TPSA) is 130 Å². The van der Waals surface area contributed by atoms with E-state index >= 15 is 0 Å². The van der Waals surface area contributed by atoms with Gasteiger partial charge in [-0.05, 0) is 0 Å². The summed E-state index contributed by atoms with van der Waals surface area (Å²) in [6, 6.07) is 1.12. The summed E-state index contributed by atoms with van der Waals surface area (Å²) in [6.07, 6.45) is -1.11. The van der Waals surface area contributed by atoms with Crippen LogP contribution >= 0.6 is 0 Å². The van der Waals surface area contributed by atoms with E-state index in [4.69, 9.17) is 22.9 Å². The van der Waals surface area contributed by atoms with Crippen molar-refractivity contribution in [1.82, 2.24) is 0 Å². The van der Waals surface area contributed by atoms with Crippen molar-refractivity contribution in [1.29, 1.82) is 0 Å². The Bertz CT molecular complexity index is 394. The maximum absolute atomic E-state index is 13.1. The lowest BCUT2D eigenvalue weighted by Crippen LogP contribution is -2.18. The number of nitrogens with two attached hydrogens (primary N) is 4. The third-order valence-corrected chi connectivity index (χ3v) is 1.55. The van der Waals surface area contributed by atoms with Crippen LogP contribution in [0.3, 0.4) is 0 Å². The summed E-state index contributed by atoms with van der Waals surface area (Å²) in [7, 11) is 0. The number of primary amides is 1. The molecule has 1 amide bonds. The first kappa shape index (κ1) is 9.90. The predicted molar refractivity (Wildman–Crippen MR) is 49.8 cm³/mol. The number of amides is 1. The smallest absolute Gasteiger partial charge is 0.408 e. The second-order valence-electron chi connectivity index (χ2n) is 2.53. The molecule has 0 unspecified atom stereocenters. The third-order valence-electron chi connectivity index (χ3n) is 1.55. The Hall–Kier alpha value is -2.18. The van der Waals surface area contributed by atoms with Crippen molar-refractivity contribution in [3.63, 3.8) is 0 Å². The lowest BCUT2D eigenvalue weighted by Gasteiger charge is -2.09. The van der Waals surface area contributed by atoms with Crippen LogP contribution in [0.25, 0.3) is 0 Å². The fraction of sp³-hybridized carbons (Fsp3) is 0. The summed E-state index contributed by atoms with van der Waals surface area (Å²) < 4.78 is 17.5. The van der Waals surface area contributed by atoms with Gasteiger partial charge in [0.1, 0.15) is 5.69 Å². The molecule has 7 heteroatoms. The summed E-state index contributed by atoms with van der Waals surface area (Å²) >= 11 is 0. The Morgan fingerprint density at radius 3 is 2.36 bits per heavy atom. The van der Waals surface area contributed by atoms with Gasteiger partial charge >= 0.3 is 6.09 Å². The summed E-state index contributed by atoms with van der Waals surface area (Å²) in [5.74, 6) is -1.18. The molecule has 1 rings (SSSR count). The molecule has 6 nitrogen and oxygen atoms in total. The lowest BCUT2D eigenvalue weighted by atomic mass is 10.2. The number of halogens is 1. The predicted octanol–water partition coefficient (Wildman–Crippen LogP) is 0.0298. The molecule has 0 aliphatic heterocycles. The second-order valence-corrected chi connectivity index (χ2v) is 2.53. The van der Waals surface area contributed by atoms with E-state index in [2.05, 4.69) is 4.74 Å². The number of rotatable bonds is 1. The van der Waals surface area contributed by atoms with Crippen LogP contribution in [0.5, 0.6) is 5.75 Å². The van der Waals surface area contributed by atoms with Gasteiger partial charge < -0.3 is 27.7 Å². The molecule has 1 aromatic carbocycles. The van der Waals surface area contributed by atoms with Crippen LogP contribution in [-0.4, -0.2) is 6.09 Å². The fourth-order valence-electron chi connectivity index (χ4n) is 0.870. The van der Waals surface area contributed by atoms with Gasteiger partial charge in [0.2, 0.25) is 0 Å². The molecular formula is C7H9FN4O2. The van der Waals surface area contributed by atoms with E-state index in [0.717, 1.165) is 6.07 Å². The quantitative estimate of drug-likeness (QED) is 0.475. The molecule has 0 aliphatic rings. The highest BCUT2D eigenvalue weighted by atomic mass is 19.1. The Morgan fingerprint density at radius 2 is 1.86 bits per heavy atom. The zero-order valence-corrected chi connectivity index (χ0v) is 7.08. The minimum Gasteiger partial charge on any atom is -0.408 e.